The van der Waals surface area contributed by atoms with E-state index >= 15 is 0 Å². The first kappa shape index (κ1) is 13.7. The third-order valence-electron chi connectivity index (χ3n) is 3.43. The van der Waals surface area contributed by atoms with E-state index in [9.17, 15) is 4.79 Å². The molecule has 1 heterocycles. The van der Waals surface area contributed by atoms with Crippen LogP contribution < -0.4 is 10.2 Å². The van der Waals surface area contributed by atoms with Crippen LogP contribution in [0.1, 0.15) is 5.56 Å². The van der Waals surface area contributed by atoms with Crippen LogP contribution in [0.15, 0.2) is 24.3 Å². The second-order valence-corrected chi connectivity index (χ2v) is 4.80. The molecule has 1 fully saturated rings. The minimum atomic E-state index is -0.400. The first-order chi connectivity index (χ1) is 9.19. The van der Waals surface area contributed by atoms with E-state index < -0.39 is 6.09 Å². The molecule has 1 aromatic carbocycles. The van der Waals surface area contributed by atoms with E-state index in [1.807, 2.05) is 12.1 Å². The first-order valence-corrected chi connectivity index (χ1v) is 6.53. The number of nitrogens with one attached hydrogen (secondary N) is 1. The van der Waals surface area contributed by atoms with Crippen LogP contribution in [0.25, 0.3) is 0 Å². The standard InChI is InChI=1S/C14H21N3O2/c1-16-7-9-17(10-8-16)13-5-3-12(4-6-13)11-15-14(18)19-2/h3-6H,7-11H2,1-2H3,(H,15,18). The Labute approximate surface area is 114 Å². The van der Waals surface area contributed by atoms with E-state index in [2.05, 4.69) is 39.0 Å². The number of alkyl carbamates (subject to hydrolysis) is 1. The van der Waals surface area contributed by atoms with Crippen LogP contribution in [0.4, 0.5) is 10.5 Å². The van der Waals surface area contributed by atoms with Crippen molar-refractivity contribution in [3.63, 3.8) is 0 Å². The summed E-state index contributed by atoms with van der Waals surface area (Å²) in [6.45, 7) is 4.83. The quantitative estimate of drug-likeness (QED) is 0.892. The first-order valence-electron chi connectivity index (χ1n) is 6.53. The fourth-order valence-electron chi connectivity index (χ4n) is 2.14. The van der Waals surface area contributed by atoms with Crippen LogP contribution in [-0.2, 0) is 11.3 Å². The summed E-state index contributed by atoms with van der Waals surface area (Å²) in [6.07, 6.45) is -0.400. The highest BCUT2D eigenvalue weighted by Gasteiger charge is 2.13. The number of ether oxygens (including phenoxy) is 1. The lowest BCUT2D eigenvalue weighted by molar-refractivity contribution is 0.170. The number of methoxy groups -OCH3 is 1. The molecule has 1 aliphatic heterocycles. The summed E-state index contributed by atoms with van der Waals surface area (Å²) < 4.78 is 4.54. The van der Waals surface area contributed by atoms with Gasteiger partial charge in [-0.2, -0.15) is 0 Å². The molecular weight excluding hydrogens is 242 g/mol. The normalized spacial score (nSPS) is 16.2. The van der Waals surface area contributed by atoms with Crippen molar-refractivity contribution >= 4 is 11.8 Å². The number of nitrogens with zero attached hydrogens (tertiary/aromatic N) is 2. The smallest absolute Gasteiger partial charge is 0.407 e. The summed E-state index contributed by atoms with van der Waals surface area (Å²) in [5.41, 5.74) is 2.32. The monoisotopic (exact) mass is 263 g/mol. The number of likely N-dealkylation sites (N-methyl/N-ethyl adjacent to an activating group) is 1. The van der Waals surface area contributed by atoms with Gasteiger partial charge >= 0.3 is 6.09 Å². The lowest BCUT2D eigenvalue weighted by Crippen LogP contribution is -2.44. The molecule has 5 heteroatoms. The van der Waals surface area contributed by atoms with Gasteiger partial charge in [-0.3, -0.25) is 0 Å². The molecule has 1 N–H and O–H groups in total. The highest BCUT2D eigenvalue weighted by atomic mass is 16.5. The zero-order valence-corrected chi connectivity index (χ0v) is 11.6. The van der Waals surface area contributed by atoms with Crippen molar-refractivity contribution in [3.05, 3.63) is 29.8 Å². The van der Waals surface area contributed by atoms with Gasteiger partial charge in [-0.15, -0.1) is 0 Å². The largest absolute Gasteiger partial charge is 0.453 e. The van der Waals surface area contributed by atoms with E-state index in [0.29, 0.717) is 6.54 Å². The number of piperazine rings is 1. The van der Waals surface area contributed by atoms with Crippen LogP contribution in [-0.4, -0.2) is 51.3 Å². The van der Waals surface area contributed by atoms with Crippen LogP contribution in [0.3, 0.4) is 0 Å². The van der Waals surface area contributed by atoms with E-state index in [1.165, 1.54) is 12.8 Å². The zero-order valence-electron chi connectivity index (χ0n) is 11.6. The number of carbonyl (C=O) groups excluding carboxylic acids is 1. The van der Waals surface area contributed by atoms with Crippen molar-refractivity contribution in [1.82, 2.24) is 10.2 Å². The maximum Gasteiger partial charge on any atom is 0.407 e. The number of anilines is 1. The SMILES string of the molecule is COC(=O)NCc1ccc(N2CCN(C)CC2)cc1. The molecule has 0 saturated carbocycles. The second-order valence-electron chi connectivity index (χ2n) is 4.80. The second kappa shape index (κ2) is 6.43. The molecule has 0 radical (unpaired) electrons. The Hall–Kier alpha value is -1.75. The van der Waals surface area contributed by atoms with Gasteiger partial charge in [-0.25, -0.2) is 4.79 Å². The summed E-state index contributed by atoms with van der Waals surface area (Å²) in [5.74, 6) is 0. The lowest BCUT2D eigenvalue weighted by Gasteiger charge is -2.34. The molecule has 19 heavy (non-hydrogen) atoms. The van der Waals surface area contributed by atoms with Crippen molar-refractivity contribution in [2.24, 2.45) is 0 Å². The molecule has 1 aliphatic rings. The summed E-state index contributed by atoms with van der Waals surface area (Å²) in [7, 11) is 3.52. The van der Waals surface area contributed by atoms with Crippen LogP contribution >= 0.6 is 0 Å². The molecule has 104 valence electrons. The van der Waals surface area contributed by atoms with Crippen molar-refractivity contribution in [2.45, 2.75) is 6.54 Å². The molecule has 0 unspecified atom stereocenters. The van der Waals surface area contributed by atoms with Gasteiger partial charge in [0.2, 0.25) is 0 Å². The molecule has 0 aliphatic carbocycles. The van der Waals surface area contributed by atoms with E-state index in [4.69, 9.17) is 0 Å². The summed E-state index contributed by atoms with van der Waals surface area (Å²) in [4.78, 5) is 15.7. The fraction of sp³-hybridized carbons (Fsp3) is 0.500. The maximum absolute atomic E-state index is 11.0. The van der Waals surface area contributed by atoms with Gasteiger partial charge in [0.05, 0.1) is 7.11 Å². The van der Waals surface area contributed by atoms with Crippen LogP contribution in [0.2, 0.25) is 0 Å². The van der Waals surface area contributed by atoms with Crippen molar-refractivity contribution < 1.29 is 9.53 Å². The van der Waals surface area contributed by atoms with E-state index in [0.717, 1.165) is 31.7 Å². The van der Waals surface area contributed by atoms with Gasteiger partial charge in [-0.1, -0.05) is 12.1 Å². The molecule has 1 amide bonds. The number of rotatable bonds is 3. The Kier molecular flexibility index (Phi) is 4.63. The number of amides is 1. The Balaban J connectivity index is 1.89. The van der Waals surface area contributed by atoms with Crippen molar-refractivity contribution in [3.8, 4) is 0 Å². The highest BCUT2D eigenvalue weighted by molar-refractivity contribution is 5.66. The predicted octanol–water partition coefficient (Wildman–Crippen LogP) is 1.29. The third kappa shape index (κ3) is 3.86. The minimum absolute atomic E-state index is 0.400. The predicted molar refractivity (Wildman–Crippen MR) is 75.4 cm³/mol. The molecule has 1 aromatic rings. The zero-order chi connectivity index (χ0) is 13.7. The van der Waals surface area contributed by atoms with Crippen molar-refractivity contribution in [2.75, 3.05) is 45.2 Å². The van der Waals surface area contributed by atoms with Gasteiger partial charge in [0.15, 0.2) is 0 Å². The van der Waals surface area contributed by atoms with Gasteiger partial charge in [-0.05, 0) is 24.7 Å². The number of benzene rings is 1. The Bertz CT molecular complexity index is 411. The van der Waals surface area contributed by atoms with Crippen LogP contribution in [0, 0.1) is 0 Å². The van der Waals surface area contributed by atoms with Gasteiger partial charge in [0.25, 0.3) is 0 Å². The Morgan fingerprint density at radius 2 is 1.84 bits per heavy atom. The number of carbonyl (C=O) groups is 1. The Morgan fingerprint density at radius 3 is 2.42 bits per heavy atom. The molecule has 0 spiro atoms. The summed E-state index contributed by atoms with van der Waals surface area (Å²) >= 11 is 0. The summed E-state index contributed by atoms with van der Waals surface area (Å²) in [6, 6.07) is 8.31. The molecule has 2 rings (SSSR count). The van der Waals surface area contributed by atoms with Gasteiger partial charge in [0.1, 0.15) is 0 Å². The topological polar surface area (TPSA) is 44.8 Å². The van der Waals surface area contributed by atoms with Crippen LogP contribution in [0.5, 0.6) is 0 Å². The maximum atomic E-state index is 11.0. The fourth-order valence-corrected chi connectivity index (χ4v) is 2.14. The average Bonchev–Trinajstić information content (AvgIpc) is 2.46. The van der Waals surface area contributed by atoms with Gasteiger partial charge < -0.3 is 19.9 Å². The van der Waals surface area contributed by atoms with Crippen molar-refractivity contribution in [1.29, 1.82) is 0 Å². The molecule has 1 saturated heterocycles. The number of hydrogen-bond donors (Lipinski definition) is 1. The average molecular weight is 263 g/mol. The third-order valence-corrected chi connectivity index (χ3v) is 3.43. The Morgan fingerprint density at radius 1 is 1.21 bits per heavy atom. The van der Waals surface area contributed by atoms with E-state index in [1.54, 1.807) is 0 Å². The minimum Gasteiger partial charge on any atom is -0.453 e. The van der Waals surface area contributed by atoms with Gasteiger partial charge in [0, 0.05) is 38.4 Å². The lowest BCUT2D eigenvalue weighted by atomic mass is 10.2. The molecule has 5 nitrogen and oxygen atoms in total. The summed E-state index contributed by atoms with van der Waals surface area (Å²) in [5, 5.41) is 2.67. The highest BCUT2D eigenvalue weighted by Crippen LogP contribution is 2.16. The molecule has 0 bridgehead atoms. The molecular formula is C14H21N3O2. The van der Waals surface area contributed by atoms with E-state index in [-0.39, 0.29) is 0 Å². The molecule has 0 atom stereocenters. The number of hydrogen-bond acceptors (Lipinski definition) is 4. The molecule has 0 aromatic heterocycles.